The SMILES string of the molecule is CCNCCc1nnc(C2CCOC2C)o1. The molecule has 1 aliphatic heterocycles. The number of rotatable bonds is 5. The first kappa shape index (κ1) is 11.5. The first-order chi connectivity index (χ1) is 7.81. The zero-order chi connectivity index (χ0) is 11.4. The molecule has 1 fully saturated rings. The lowest BCUT2D eigenvalue weighted by molar-refractivity contribution is 0.114. The summed E-state index contributed by atoms with van der Waals surface area (Å²) >= 11 is 0. The van der Waals surface area contributed by atoms with Crippen molar-refractivity contribution in [2.24, 2.45) is 0 Å². The lowest BCUT2D eigenvalue weighted by Gasteiger charge is -2.08. The van der Waals surface area contributed by atoms with Gasteiger partial charge in [-0.25, -0.2) is 0 Å². The summed E-state index contributed by atoms with van der Waals surface area (Å²) in [4.78, 5) is 0. The monoisotopic (exact) mass is 225 g/mol. The van der Waals surface area contributed by atoms with Gasteiger partial charge >= 0.3 is 0 Å². The summed E-state index contributed by atoms with van der Waals surface area (Å²) in [5.74, 6) is 1.73. The molecule has 5 heteroatoms. The van der Waals surface area contributed by atoms with Gasteiger partial charge in [-0.3, -0.25) is 0 Å². The van der Waals surface area contributed by atoms with Gasteiger partial charge in [-0.15, -0.1) is 10.2 Å². The Kier molecular flexibility index (Phi) is 3.90. The zero-order valence-corrected chi connectivity index (χ0v) is 9.90. The van der Waals surface area contributed by atoms with Gasteiger partial charge in [0.2, 0.25) is 11.8 Å². The first-order valence-electron chi connectivity index (χ1n) is 5.96. The average molecular weight is 225 g/mol. The molecule has 1 aromatic rings. The Morgan fingerprint density at radius 1 is 1.44 bits per heavy atom. The molecule has 1 saturated heterocycles. The zero-order valence-electron chi connectivity index (χ0n) is 9.90. The molecule has 2 unspecified atom stereocenters. The van der Waals surface area contributed by atoms with Crippen LogP contribution in [0.4, 0.5) is 0 Å². The van der Waals surface area contributed by atoms with E-state index in [-0.39, 0.29) is 12.0 Å². The minimum Gasteiger partial charge on any atom is -0.425 e. The smallest absolute Gasteiger partial charge is 0.222 e. The molecule has 16 heavy (non-hydrogen) atoms. The van der Waals surface area contributed by atoms with Crippen LogP contribution in [0.5, 0.6) is 0 Å². The van der Waals surface area contributed by atoms with E-state index in [1.165, 1.54) is 0 Å². The third-order valence-electron chi connectivity index (χ3n) is 2.94. The second-order valence-electron chi connectivity index (χ2n) is 4.11. The Hall–Kier alpha value is -0.940. The number of nitrogens with one attached hydrogen (secondary N) is 1. The third-order valence-corrected chi connectivity index (χ3v) is 2.94. The van der Waals surface area contributed by atoms with Crippen LogP contribution in [0.25, 0.3) is 0 Å². The van der Waals surface area contributed by atoms with Gasteiger partial charge < -0.3 is 14.5 Å². The van der Waals surface area contributed by atoms with Crippen molar-refractivity contribution < 1.29 is 9.15 Å². The molecule has 0 spiro atoms. The average Bonchev–Trinajstić information content (AvgIpc) is 2.87. The lowest BCUT2D eigenvalue weighted by atomic mass is 10.0. The van der Waals surface area contributed by atoms with E-state index in [0.29, 0.717) is 0 Å². The second kappa shape index (κ2) is 5.41. The second-order valence-corrected chi connectivity index (χ2v) is 4.11. The molecule has 0 amide bonds. The molecule has 0 aromatic carbocycles. The lowest BCUT2D eigenvalue weighted by Crippen LogP contribution is -2.16. The maximum absolute atomic E-state index is 5.64. The molecular formula is C11H19N3O2. The number of nitrogens with zero attached hydrogens (tertiary/aromatic N) is 2. The molecule has 90 valence electrons. The molecule has 0 bridgehead atoms. The van der Waals surface area contributed by atoms with Crippen LogP contribution >= 0.6 is 0 Å². The standard InChI is InChI=1S/C11H19N3O2/c1-3-12-6-4-10-13-14-11(16-10)9-5-7-15-8(9)2/h8-9,12H,3-7H2,1-2H3. The van der Waals surface area contributed by atoms with Crippen LogP contribution in [0, 0.1) is 0 Å². The van der Waals surface area contributed by atoms with E-state index in [4.69, 9.17) is 9.15 Å². The van der Waals surface area contributed by atoms with Crippen molar-refractivity contribution in [2.75, 3.05) is 19.7 Å². The fourth-order valence-electron chi connectivity index (χ4n) is 1.95. The summed E-state index contributed by atoms with van der Waals surface area (Å²) in [6.45, 7) is 6.78. The van der Waals surface area contributed by atoms with E-state index in [0.717, 1.165) is 44.3 Å². The van der Waals surface area contributed by atoms with E-state index < -0.39 is 0 Å². The van der Waals surface area contributed by atoms with E-state index in [9.17, 15) is 0 Å². The predicted octanol–water partition coefficient (Wildman–Crippen LogP) is 1.11. The Balaban J connectivity index is 1.91. The number of aromatic nitrogens is 2. The minimum absolute atomic E-state index is 0.196. The largest absolute Gasteiger partial charge is 0.425 e. The maximum Gasteiger partial charge on any atom is 0.222 e. The number of likely N-dealkylation sites (N-methyl/N-ethyl adjacent to an activating group) is 1. The van der Waals surface area contributed by atoms with Crippen LogP contribution in [0.3, 0.4) is 0 Å². The number of ether oxygens (including phenoxy) is 1. The molecule has 1 aromatic heterocycles. The van der Waals surface area contributed by atoms with Gasteiger partial charge in [-0.05, 0) is 19.9 Å². The summed E-state index contributed by atoms with van der Waals surface area (Å²) in [6.07, 6.45) is 1.97. The Morgan fingerprint density at radius 3 is 3.00 bits per heavy atom. The van der Waals surface area contributed by atoms with Crippen molar-refractivity contribution in [1.29, 1.82) is 0 Å². The van der Waals surface area contributed by atoms with Gasteiger partial charge in [0, 0.05) is 19.6 Å². The highest BCUT2D eigenvalue weighted by Gasteiger charge is 2.30. The molecule has 2 atom stereocenters. The van der Waals surface area contributed by atoms with Crippen LogP contribution in [0.1, 0.15) is 38.0 Å². The summed E-state index contributed by atoms with van der Waals surface area (Å²) in [7, 11) is 0. The van der Waals surface area contributed by atoms with E-state index in [2.05, 4.69) is 29.4 Å². The Labute approximate surface area is 95.6 Å². The predicted molar refractivity (Wildman–Crippen MR) is 59.3 cm³/mol. The quantitative estimate of drug-likeness (QED) is 0.761. The van der Waals surface area contributed by atoms with Crippen molar-refractivity contribution >= 4 is 0 Å². The van der Waals surface area contributed by atoms with E-state index in [1.807, 2.05) is 0 Å². The highest BCUT2D eigenvalue weighted by atomic mass is 16.5. The van der Waals surface area contributed by atoms with Crippen molar-refractivity contribution in [3.8, 4) is 0 Å². The summed E-state index contributed by atoms with van der Waals surface area (Å²) in [6, 6.07) is 0. The number of hydrogen-bond acceptors (Lipinski definition) is 5. The topological polar surface area (TPSA) is 60.2 Å². The van der Waals surface area contributed by atoms with E-state index in [1.54, 1.807) is 0 Å². The van der Waals surface area contributed by atoms with Crippen LogP contribution in [-0.4, -0.2) is 36.0 Å². The van der Waals surface area contributed by atoms with Gasteiger partial charge in [0.15, 0.2) is 0 Å². The van der Waals surface area contributed by atoms with Crippen LogP contribution < -0.4 is 5.32 Å². The molecule has 0 aliphatic carbocycles. The van der Waals surface area contributed by atoms with E-state index >= 15 is 0 Å². The van der Waals surface area contributed by atoms with Crippen molar-refractivity contribution in [3.05, 3.63) is 11.8 Å². The summed E-state index contributed by atoms with van der Waals surface area (Å²) in [5, 5.41) is 11.4. The fourth-order valence-corrected chi connectivity index (χ4v) is 1.95. The van der Waals surface area contributed by atoms with Crippen LogP contribution in [0.2, 0.25) is 0 Å². The molecule has 1 aliphatic rings. The Morgan fingerprint density at radius 2 is 2.31 bits per heavy atom. The van der Waals surface area contributed by atoms with Crippen LogP contribution in [0.15, 0.2) is 4.42 Å². The Bertz CT molecular complexity index is 327. The van der Waals surface area contributed by atoms with Gasteiger partial charge in [-0.2, -0.15) is 0 Å². The fraction of sp³-hybridized carbons (Fsp3) is 0.818. The van der Waals surface area contributed by atoms with Crippen molar-refractivity contribution in [3.63, 3.8) is 0 Å². The molecular weight excluding hydrogens is 206 g/mol. The molecule has 1 N–H and O–H groups in total. The minimum atomic E-state index is 0.196. The molecule has 2 heterocycles. The molecule has 0 radical (unpaired) electrons. The van der Waals surface area contributed by atoms with Gasteiger partial charge in [0.1, 0.15) is 0 Å². The third kappa shape index (κ3) is 2.59. The van der Waals surface area contributed by atoms with Gasteiger partial charge in [0.05, 0.1) is 12.0 Å². The van der Waals surface area contributed by atoms with Gasteiger partial charge in [0.25, 0.3) is 0 Å². The van der Waals surface area contributed by atoms with Crippen molar-refractivity contribution in [2.45, 2.75) is 38.7 Å². The molecule has 0 saturated carbocycles. The first-order valence-corrected chi connectivity index (χ1v) is 5.96. The molecule has 5 nitrogen and oxygen atoms in total. The normalized spacial score (nSPS) is 25.1. The highest BCUT2D eigenvalue weighted by Crippen LogP contribution is 2.29. The van der Waals surface area contributed by atoms with Gasteiger partial charge in [-0.1, -0.05) is 6.92 Å². The van der Waals surface area contributed by atoms with Crippen molar-refractivity contribution in [1.82, 2.24) is 15.5 Å². The summed E-state index contributed by atoms with van der Waals surface area (Å²) < 4.78 is 11.1. The highest BCUT2D eigenvalue weighted by molar-refractivity contribution is 4.97. The molecule has 2 rings (SSSR count). The maximum atomic E-state index is 5.64. The number of hydrogen-bond donors (Lipinski definition) is 1. The van der Waals surface area contributed by atoms with Crippen LogP contribution in [-0.2, 0) is 11.2 Å². The summed E-state index contributed by atoms with van der Waals surface area (Å²) in [5.41, 5.74) is 0.